The van der Waals surface area contributed by atoms with Gasteiger partial charge < -0.3 is 20.3 Å². The number of carbonyl (C=O) groups is 2. The molecule has 3 unspecified atom stereocenters. The van der Waals surface area contributed by atoms with E-state index in [2.05, 4.69) is 26.1 Å². The first-order valence-corrected chi connectivity index (χ1v) is 24.8. The number of nitrogens with one attached hydrogen (secondary N) is 1. The van der Waals surface area contributed by atoms with Crippen LogP contribution >= 0.6 is 0 Å². The van der Waals surface area contributed by atoms with Crippen LogP contribution in [0.5, 0.6) is 0 Å². The highest BCUT2D eigenvalue weighted by Crippen LogP contribution is 2.18. The summed E-state index contributed by atoms with van der Waals surface area (Å²) in [5.74, 6) is -0.454. The SMILES string of the molecule is CCCCCCCCCCCCCCCC(CC(=O)NC(CO)C(O)CCCCCCCCCCCCC)OC(=O)CCCCCCCCCCCCCC. The first kappa shape index (κ1) is 53.9. The van der Waals surface area contributed by atoms with Gasteiger partial charge in [0, 0.05) is 6.42 Å². The van der Waals surface area contributed by atoms with Crippen LogP contribution in [-0.4, -0.2) is 46.9 Å². The molecule has 1 amide bonds. The van der Waals surface area contributed by atoms with Crippen molar-refractivity contribution in [2.75, 3.05) is 6.61 Å². The monoisotopic (exact) mass is 780 g/mol. The van der Waals surface area contributed by atoms with Crippen molar-refractivity contribution in [2.45, 2.75) is 296 Å². The number of aliphatic hydroxyl groups excluding tert-OH is 2. The molecule has 0 spiro atoms. The van der Waals surface area contributed by atoms with Gasteiger partial charge in [0.1, 0.15) is 6.10 Å². The summed E-state index contributed by atoms with van der Waals surface area (Å²) in [4.78, 5) is 26.0. The Bertz CT molecular complexity index is 791. The molecule has 328 valence electrons. The molecule has 0 saturated heterocycles. The maximum absolute atomic E-state index is 13.2. The Labute approximate surface area is 343 Å². The molecule has 6 heteroatoms. The third-order valence-electron chi connectivity index (χ3n) is 11.7. The molecule has 0 aromatic heterocycles. The van der Waals surface area contributed by atoms with Crippen LogP contribution in [0.4, 0.5) is 0 Å². The summed E-state index contributed by atoms with van der Waals surface area (Å²) in [5.41, 5.74) is 0. The summed E-state index contributed by atoms with van der Waals surface area (Å²) in [6.07, 6.45) is 45.8. The number of rotatable bonds is 45. The lowest BCUT2D eigenvalue weighted by Crippen LogP contribution is -2.46. The number of carbonyl (C=O) groups excluding carboxylic acids is 2. The van der Waals surface area contributed by atoms with Gasteiger partial charge in [0.15, 0.2) is 0 Å². The molecule has 0 heterocycles. The lowest BCUT2D eigenvalue weighted by molar-refractivity contribution is -0.151. The van der Waals surface area contributed by atoms with Gasteiger partial charge in [-0.3, -0.25) is 9.59 Å². The summed E-state index contributed by atoms with van der Waals surface area (Å²) in [7, 11) is 0. The Morgan fingerprint density at radius 2 is 0.764 bits per heavy atom. The smallest absolute Gasteiger partial charge is 0.306 e. The van der Waals surface area contributed by atoms with Crippen LogP contribution in [0.1, 0.15) is 278 Å². The van der Waals surface area contributed by atoms with Gasteiger partial charge in [-0.2, -0.15) is 0 Å². The Kier molecular flexibility index (Phi) is 43.1. The number of ether oxygens (including phenoxy) is 1. The predicted octanol–water partition coefficient (Wildman–Crippen LogP) is 14.4. The largest absolute Gasteiger partial charge is 0.462 e. The van der Waals surface area contributed by atoms with Crippen LogP contribution in [0, 0.1) is 0 Å². The third kappa shape index (κ3) is 39.5. The molecule has 0 aliphatic heterocycles. The standard InChI is InChI=1S/C49H97NO5/c1-4-7-10-13-16-19-22-24-26-28-31-34-37-40-45(55-49(54)42-39-36-33-30-27-23-20-17-14-11-8-5-2)43-48(53)50-46(44-51)47(52)41-38-35-32-29-25-21-18-15-12-9-6-3/h45-47,51-52H,4-44H2,1-3H3,(H,50,53). The lowest BCUT2D eigenvalue weighted by atomic mass is 10.0. The van der Waals surface area contributed by atoms with Crippen LogP contribution in [0.25, 0.3) is 0 Å². The summed E-state index contributed by atoms with van der Waals surface area (Å²) in [6, 6.07) is -0.690. The zero-order chi connectivity index (χ0) is 40.3. The van der Waals surface area contributed by atoms with Crippen molar-refractivity contribution in [3.05, 3.63) is 0 Å². The fourth-order valence-electron chi connectivity index (χ4n) is 7.90. The average Bonchev–Trinajstić information content (AvgIpc) is 3.18. The molecule has 3 atom stereocenters. The number of hydrogen-bond donors (Lipinski definition) is 3. The second-order valence-electron chi connectivity index (χ2n) is 17.2. The van der Waals surface area contributed by atoms with Gasteiger partial charge in [-0.15, -0.1) is 0 Å². The van der Waals surface area contributed by atoms with E-state index in [9.17, 15) is 19.8 Å². The predicted molar refractivity (Wildman–Crippen MR) is 237 cm³/mol. The first-order chi connectivity index (χ1) is 27.0. The van der Waals surface area contributed by atoms with Gasteiger partial charge in [0.25, 0.3) is 0 Å². The van der Waals surface area contributed by atoms with Gasteiger partial charge >= 0.3 is 5.97 Å². The quantitative estimate of drug-likeness (QED) is 0.0422. The lowest BCUT2D eigenvalue weighted by Gasteiger charge is -2.24. The van der Waals surface area contributed by atoms with Gasteiger partial charge in [0.2, 0.25) is 5.91 Å². The maximum Gasteiger partial charge on any atom is 0.306 e. The topological polar surface area (TPSA) is 95.9 Å². The van der Waals surface area contributed by atoms with Crippen molar-refractivity contribution < 1.29 is 24.5 Å². The van der Waals surface area contributed by atoms with Gasteiger partial charge in [-0.05, 0) is 25.7 Å². The second-order valence-corrected chi connectivity index (χ2v) is 17.2. The van der Waals surface area contributed by atoms with E-state index in [-0.39, 0.29) is 24.9 Å². The van der Waals surface area contributed by atoms with E-state index in [0.717, 1.165) is 44.9 Å². The van der Waals surface area contributed by atoms with E-state index < -0.39 is 18.2 Å². The molecule has 3 N–H and O–H groups in total. The summed E-state index contributed by atoms with van der Waals surface area (Å²) in [5, 5.41) is 23.7. The van der Waals surface area contributed by atoms with Crippen molar-refractivity contribution in [1.82, 2.24) is 5.32 Å². The number of unbranched alkanes of at least 4 members (excludes halogenated alkanes) is 33. The highest BCUT2D eigenvalue weighted by atomic mass is 16.5. The minimum absolute atomic E-state index is 0.0874. The molecule has 0 aliphatic rings. The normalized spacial score (nSPS) is 13.2. The number of esters is 1. The molecule has 0 aliphatic carbocycles. The average molecular weight is 780 g/mol. The summed E-state index contributed by atoms with van der Waals surface area (Å²) in [6.45, 7) is 6.49. The van der Waals surface area contributed by atoms with Crippen LogP contribution in [0.15, 0.2) is 0 Å². The Balaban J connectivity index is 4.53. The second kappa shape index (κ2) is 44.0. The zero-order valence-electron chi connectivity index (χ0n) is 37.3. The van der Waals surface area contributed by atoms with Crippen molar-refractivity contribution >= 4 is 11.9 Å². The van der Waals surface area contributed by atoms with E-state index in [4.69, 9.17) is 4.74 Å². The molecule has 0 fully saturated rings. The molecule has 0 aromatic rings. The van der Waals surface area contributed by atoms with Crippen molar-refractivity contribution in [3.8, 4) is 0 Å². The maximum atomic E-state index is 13.2. The van der Waals surface area contributed by atoms with Crippen LogP contribution in [0.2, 0.25) is 0 Å². The molecule has 0 bridgehead atoms. The molecule has 0 aromatic carbocycles. The molecular formula is C49H97NO5. The van der Waals surface area contributed by atoms with E-state index in [1.54, 1.807) is 0 Å². The van der Waals surface area contributed by atoms with E-state index in [0.29, 0.717) is 19.3 Å². The molecule has 55 heavy (non-hydrogen) atoms. The fourth-order valence-corrected chi connectivity index (χ4v) is 7.90. The molecule has 6 nitrogen and oxygen atoms in total. The summed E-state index contributed by atoms with van der Waals surface area (Å²) < 4.78 is 5.92. The van der Waals surface area contributed by atoms with E-state index in [1.807, 2.05) is 0 Å². The molecular weight excluding hydrogens is 683 g/mol. The fraction of sp³-hybridized carbons (Fsp3) is 0.959. The van der Waals surface area contributed by atoms with Crippen LogP contribution in [0.3, 0.4) is 0 Å². The number of hydrogen-bond acceptors (Lipinski definition) is 5. The molecule has 0 saturated carbocycles. The van der Waals surface area contributed by atoms with Gasteiger partial charge in [0.05, 0.1) is 25.2 Å². The minimum Gasteiger partial charge on any atom is -0.462 e. The minimum atomic E-state index is -0.777. The van der Waals surface area contributed by atoms with Crippen LogP contribution < -0.4 is 5.32 Å². The van der Waals surface area contributed by atoms with Crippen LogP contribution in [-0.2, 0) is 14.3 Å². The van der Waals surface area contributed by atoms with E-state index >= 15 is 0 Å². The van der Waals surface area contributed by atoms with Crippen molar-refractivity contribution in [1.29, 1.82) is 0 Å². The van der Waals surface area contributed by atoms with Gasteiger partial charge in [-0.25, -0.2) is 0 Å². The highest BCUT2D eigenvalue weighted by Gasteiger charge is 2.24. The number of aliphatic hydroxyl groups is 2. The highest BCUT2D eigenvalue weighted by molar-refractivity contribution is 5.77. The molecule has 0 radical (unpaired) electrons. The zero-order valence-corrected chi connectivity index (χ0v) is 37.3. The Morgan fingerprint density at radius 3 is 1.11 bits per heavy atom. The van der Waals surface area contributed by atoms with E-state index in [1.165, 1.54) is 186 Å². The number of amides is 1. The Hall–Kier alpha value is -1.14. The first-order valence-electron chi connectivity index (χ1n) is 24.8. The molecule has 0 rings (SSSR count). The van der Waals surface area contributed by atoms with Gasteiger partial charge in [-0.1, -0.05) is 239 Å². The Morgan fingerprint density at radius 1 is 0.455 bits per heavy atom. The van der Waals surface area contributed by atoms with Crippen molar-refractivity contribution in [2.24, 2.45) is 0 Å². The summed E-state index contributed by atoms with van der Waals surface area (Å²) >= 11 is 0. The van der Waals surface area contributed by atoms with Crippen molar-refractivity contribution in [3.63, 3.8) is 0 Å². The third-order valence-corrected chi connectivity index (χ3v) is 11.7.